The maximum atomic E-state index is 5.44. The van der Waals surface area contributed by atoms with Crippen LogP contribution in [-0.4, -0.2) is 27.0 Å². The summed E-state index contributed by atoms with van der Waals surface area (Å²) in [5.74, 6) is 0.835. The lowest BCUT2D eigenvalue weighted by molar-refractivity contribution is 0.415. The fourth-order valence-electron chi connectivity index (χ4n) is 5.92. The third kappa shape index (κ3) is 5.82. The maximum absolute atomic E-state index is 5.44. The Morgan fingerprint density at radius 1 is 0.595 bits per heavy atom. The number of rotatable bonds is 10. The predicted molar refractivity (Wildman–Crippen MR) is 177 cm³/mol. The molecule has 5 heterocycles. The molecule has 4 aromatic rings. The van der Waals surface area contributed by atoms with Gasteiger partial charge in [-0.15, -0.1) is 0 Å². The highest BCUT2D eigenvalue weighted by Crippen LogP contribution is 2.33. The molecule has 42 heavy (non-hydrogen) atoms. The van der Waals surface area contributed by atoms with Crippen LogP contribution in [0.25, 0.3) is 57.5 Å². The fraction of sp³-hybridized carbons (Fsp3) is 0.297. The molecule has 1 aromatic carbocycles. The highest BCUT2D eigenvalue weighted by atomic mass is 16.5. The van der Waals surface area contributed by atoms with E-state index in [1.54, 1.807) is 7.11 Å². The summed E-state index contributed by atoms with van der Waals surface area (Å²) < 4.78 is 5.44. The first-order valence-corrected chi connectivity index (χ1v) is 15.4. The van der Waals surface area contributed by atoms with Crippen molar-refractivity contribution in [2.24, 2.45) is 0 Å². The number of nitrogens with zero attached hydrogens (tertiary/aromatic N) is 2. The Hall–Kier alpha value is -4.38. The number of fused-ring (bicyclic) bond motifs is 8. The van der Waals surface area contributed by atoms with Crippen molar-refractivity contribution in [3.63, 3.8) is 0 Å². The Kier molecular flexibility index (Phi) is 8.36. The van der Waals surface area contributed by atoms with E-state index >= 15 is 0 Å². The fourth-order valence-corrected chi connectivity index (χ4v) is 5.92. The minimum Gasteiger partial charge on any atom is -0.497 e. The summed E-state index contributed by atoms with van der Waals surface area (Å²) in [6.45, 7) is 4.50. The molecular weight excluding hydrogens is 516 g/mol. The normalized spacial score (nSPS) is 12.3. The Bertz CT molecular complexity index is 1790. The van der Waals surface area contributed by atoms with Gasteiger partial charge in [-0.25, -0.2) is 9.97 Å². The molecule has 214 valence electrons. The van der Waals surface area contributed by atoms with Crippen molar-refractivity contribution in [2.75, 3.05) is 7.11 Å². The summed E-state index contributed by atoms with van der Waals surface area (Å²) >= 11 is 0. The van der Waals surface area contributed by atoms with Crippen LogP contribution < -0.4 is 4.74 Å². The number of hydrogen-bond donors (Lipinski definition) is 2. The van der Waals surface area contributed by atoms with Crippen molar-refractivity contribution in [2.45, 2.75) is 65.2 Å². The van der Waals surface area contributed by atoms with Crippen LogP contribution in [0, 0.1) is 0 Å². The van der Waals surface area contributed by atoms with Crippen molar-refractivity contribution in [1.29, 1.82) is 0 Å². The topological polar surface area (TPSA) is 66.6 Å². The first-order valence-electron chi connectivity index (χ1n) is 15.4. The second-order valence-corrected chi connectivity index (χ2v) is 11.2. The second kappa shape index (κ2) is 12.6. The first-order chi connectivity index (χ1) is 20.7. The molecule has 0 spiro atoms. The molecule has 0 atom stereocenters. The van der Waals surface area contributed by atoms with E-state index in [4.69, 9.17) is 14.7 Å². The zero-order valence-electron chi connectivity index (χ0n) is 25.0. The van der Waals surface area contributed by atoms with Crippen LogP contribution in [0.5, 0.6) is 5.75 Å². The van der Waals surface area contributed by atoms with Gasteiger partial charge in [-0.1, -0.05) is 51.7 Å². The van der Waals surface area contributed by atoms with Gasteiger partial charge in [0.05, 0.1) is 29.9 Å². The first kappa shape index (κ1) is 27.8. The second-order valence-electron chi connectivity index (χ2n) is 11.2. The molecule has 0 saturated heterocycles. The molecule has 0 saturated carbocycles. The van der Waals surface area contributed by atoms with Crippen LogP contribution in [-0.2, 0) is 12.8 Å². The molecule has 0 aliphatic carbocycles. The minimum atomic E-state index is 0.835. The monoisotopic (exact) mass is 556 g/mol. The summed E-state index contributed by atoms with van der Waals surface area (Å²) in [6.07, 6.45) is 17.8. The van der Waals surface area contributed by atoms with Crippen LogP contribution in [0.2, 0.25) is 0 Å². The zero-order valence-corrected chi connectivity index (χ0v) is 25.0. The van der Waals surface area contributed by atoms with Gasteiger partial charge in [0.15, 0.2) is 0 Å². The molecule has 8 bridgehead atoms. The van der Waals surface area contributed by atoms with E-state index in [-0.39, 0.29) is 0 Å². The molecule has 3 aromatic heterocycles. The summed E-state index contributed by atoms with van der Waals surface area (Å²) in [6, 6.07) is 19.1. The van der Waals surface area contributed by atoms with Gasteiger partial charge in [0, 0.05) is 38.8 Å². The standard InChI is InChI=1S/C37H40N4O/c1-4-6-8-9-11-30-31-18-14-26(38-31)24-27-15-19-35(39-27)37(25-12-16-28(42-3)17-13-25)36-23-22-34(41-36)29(10-7-5-2)32-20-21-33(30)40-32/h12-24,38-39H,4-11H2,1-3H3. The largest absolute Gasteiger partial charge is 0.497 e. The highest BCUT2D eigenvalue weighted by Gasteiger charge is 2.16. The predicted octanol–water partition coefficient (Wildman–Crippen LogP) is 9.80. The van der Waals surface area contributed by atoms with Gasteiger partial charge in [-0.05, 0) is 98.0 Å². The molecule has 2 aliphatic heterocycles. The van der Waals surface area contributed by atoms with Gasteiger partial charge in [0.25, 0.3) is 0 Å². The Morgan fingerprint density at radius 3 is 1.88 bits per heavy atom. The lowest BCUT2D eigenvalue weighted by Gasteiger charge is -2.06. The molecular formula is C37H40N4O. The molecule has 6 rings (SSSR count). The number of methoxy groups -OCH3 is 1. The summed E-state index contributed by atoms with van der Waals surface area (Å²) in [7, 11) is 1.70. The lowest BCUT2D eigenvalue weighted by Crippen LogP contribution is -1.96. The van der Waals surface area contributed by atoms with Crippen molar-refractivity contribution in [3.05, 3.63) is 88.5 Å². The number of aromatic amines is 2. The SMILES string of the molecule is CCCCCCc1c2nc(c(CCCC)c3nc(c(-c4ccc(OC)cc4)c4ccc(cc5ccc1[nH]5)[nH]4)C=C3)C=C2. The average Bonchev–Trinajstić information content (AvgIpc) is 3.83. The van der Waals surface area contributed by atoms with Gasteiger partial charge < -0.3 is 14.7 Å². The molecule has 0 fully saturated rings. The molecule has 2 aliphatic rings. The van der Waals surface area contributed by atoms with E-state index in [0.29, 0.717) is 0 Å². The zero-order chi connectivity index (χ0) is 28.9. The number of H-pyrrole nitrogens is 2. The number of nitrogens with one attached hydrogen (secondary N) is 2. The van der Waals surface area contributed by atoms with Crippen molar-refractivity contribution < 1.29 is 4.74 Å². The molecule has 0 amide bonds. The van der Waals surface area contributed by atoms with Crippen molar-refractivity contribution in [3.8, 4) is 16.9 Å². The molecule has 5 nitrogen and oxygen atoms in total. The van der Waals surface area contributed by atoms with Crippen LogP contribution in [0.4, 0.5) is 0 Å². The van der Waals surface area contributed by atoms with Crippen LogP contribution >= 0.6 is 0 Å². The molecule has 0 radical (unpaired) electrons. The summed E-state index contributed by atoms with van der Waals surface area (Å²) in [4.78, 5) is 17.9. The summed E-state index contributed by atoms with van der Waals surface area (Å²) in [5, 5.41) is 0. The number of aromatic nitrogens is 4. The third-order valence-corrected chi connectivity index (χ3v) is 8.23. The number of ether oxygens (including phenoxy) is 1. The van der Waals surface area contributed by atoms with E-state index in [1.165, 1.54) is 30.4 Å². The Morgan fingerprint density at radius 2 is 1.19 bits per heavy atom. The van der Waals surface area contributed by atoms with Gasteiger partial charge in [-0.2, -0.15) is 0 Å². The lowest BCUT2D eigenvalue weighted by atomic mass is 10.0. The quantitative estimate of drug-likeness (QED) is 0.165. The number of unbranched alkanes of at least 4 members (excludes halogenated alkanes) is 4. The van der Waals surface area contributed by atoms with Crippen molar-refractivity contribution >= 4 is 46.4 Å². The number of aryl methyl sites for hydroxylation is 1. The maximum Gasteiger partial charge on any atom is 0.118 e. The molecule has 0 unspecified atom stereocenters. The Labute approximate surface area is 248 Å². The average molecular weight is 557 g/mol. The van der Waals surface area contributed by atoms with Crippen LogP contribution in [0.1, 0.15) is 86.3 Å². The van der Waals surface area contributed by atoms with Crippen molar-refractivity contribution in [1.82, 2.24) is 19.9 Å². The summed E-state index contributed by atoms with van der Waals surface area (Å²) in [5.41, 5.74) is 13.0. The number of benzene rings is 1. The molecule has 5 heteroatoms. The molecule has 2 N–H and O–H groups in total. The van der Waals surface area contributed by atoms with Gasteiger partial charge in [0.1, 0.15) is 5.75 Å². The van der Waals surface area contributed by atoms with E-state index in [0.717, 1.165) is 93.8 Å². The van der Waals surface area contributed by atoms with E-state index in [9.17, 15) is 0 Å². The minimum absolute atomic E-state index is 0.835. The van der Waals surface area contributed by atoms with Crippen LogP contribution in [0.3, 0.4) is 0 Å². The number of hydrogen-bond acceptors (Lipinski definition) is 3. The third-order valence-electron chi connectivity index (χ3n) is 8.23. The van der Waals surface area contributed by atoms with Crippen LogP contribution in [0.15, 0.2) is 54.6 Å². The van der Waals surface area contributed by atoms with Gasteiger partial charge >= 0.3 is 0 Å². The van der Waals surface area contributed by atoms with Gasteiger partial charge in [0.2, 0.25) is 0 Å². The van der Waals surface area contributed by atoms with Gasteiger partial charge in [-0.3, -0.25) is 0 Å². The van der Waals surface area contributed by atoms with E-state index < -0.39 is 0 Å². The smallest absolute Gasteiger partial charge is 0.118 e. The van der Waals surface area contributed by atoms with E-state index in [2.05, 4.69) is 90.6 Å². The van der Waals surface area contributed by atoms with E-state index in [1.807, 2.05) is 12.1 Å². The Balaban J connectivity index is 1.64. The highest BCUT2D eigenvalue weighted by molar-refractivity contribution is 5.91.